The molecule has 2 heterocycles. The molecule has 20 atom stereocenters. The van der Waals surface area contributed by atoms with Gasteiger partial charge in [-0.1, -0.05) is 170 Å². The van der Waals surface area contributed by atoms with Gasteiger partial charge in [0.15, 0.2) is 0 Å². The van der Waals surface area contributed by atoms with E-state index in [-0.39, 0.29) is 149 Å². The third-order valence-corrected chi connectivity index (χ3v) is 25.2. The number of amides is 11. The summed E-state index contributed by atoms with van der Waals surface area (Å²) in [5.74, 6) is -6.25. The maximum atomic E-state index is 14.4. The zero-order chi connectivity index (χ0) is 102. The van der Waals surface area contributed by atoms with E-state index in [9.17, 15) is 62.3 Å². The second-order valence-corrected chi connectivity index (χ2v) is 38.7. The highest BCUT2D eigenvalue weighted by atomic mass is 16.6. The number of carbonyl (C=O) groups excluding carboxylic acids is 13. The molecule has 2 unspecified atom stereocenters. The Morgan fingerprint density at radius 2 is 0.800 bits per heavy atom. The van der Waals surface area contributed by atoms with Crippen LogP contribution in [0.1, 0.15) is 194 Å². The Morgan fingerprint density at radius 3 is 1.10 bits per heavy atom. The highest BCUT2D eigenvalue weighted by Gasteiger charge is 2.47. The number of hydrogen-bond donors (Lipinski definition) is 8. The second kappa shape index (κ2) is 60.7. The first-order valence-electron chi connectivity index (χ1n) is 48.2. The van der Waals surface area contributed by atoms with Gasteiger partial charge in [0.25, 0.3) is 0 Å². The van der Waals surface area contributed by atoms with Gasteiger partial charge in [-0.15, -0.1) is 0 Å². The number of nitrogens with one attached hydrogen (secondary N) is 7. The molecule has 0 saturated carbocycles. The lowest BCUT2D eigenvalue weighted by atomic mass is 9.89. The summed E-state index contributed by atoms with van der Waals surface area (Å²) in [4.78, 5) is 186. The summed E-state index contributed by atoms with van der Waals surface area (Å²) < 4.78 is 50.5. The van der Waals surface area contributed by atoms with Crippen LogP contribution in [0.3, 0.4) is 0 Å². The maximum Gasteiger partial charge on any atom is 0.408 e. The van der Waals surface area contributed by atoms with Crippen molar-refractivity contribution in [2.24, 2.45) is 53.1 Å². The number of likely N-dealkylation sites (N-methyl/N-ethyl adjacent to an activating group) is 4. The topological polar surface area (TPSA) is 435 Å². The normalized spacial score (nSPS) is 18.0. The van der Waals surface area contributed by atoms with Crippen molar-refractivity contribution >= 4 is 77.1 Å². The molecule has 2 aromatic rings. The minimum atomic E-state index is -0.959. The monoisotopic (exact) mass is 1910 g/mol. The van der Waals surface area contributed by atoms with E-state index >= 15 is 0 Å². The van der Waals surface area contributed by atoms with E-state index in [4.69, 9.17) is 48.4 Å². The van der Waals surface area contributed by atoms with E-state index in [1.807, 2.05) is 182 Å². The fourth-order valence-electron chi connectivity index (χ4n) is 17.7. The van der Waals surface area contributed by atoms with Crippen LogP contribution in [0.4, 0.5) is 4.79 Å². The molecule has 0 radical (unpaired) electrons. The smallest absolute Gasteiger partial charge is 0.408 e. The van der Waals surface area contributed by atoms with Crippen LogP contribution in [0, 0.1) is 47.3 Å². The average Bonchev–Trinajstić information content (AvgIpc) is 1.79. The molecule has 0 aliphatic carbocycles. The Morgan fingerprint density at radius 1 is 0.444 bits per heavy atom. The lowest BCUT2D eigenvalue weighted by Crippen LogP contribution is -2.59. The number of methoxy groups -OCH3 is 4. The molecule has 9 N–H and O–H groups in total. The van der Waals surface area contributed by atoms with Crippen LogP contribution in [0.2, 0.25) is 0 Å². The average molecular weight is 1910 g/mol. The lowest BCUT2D eigenvalue weighted by molar-refractivity contribution is -0.148. The third-order valence-electron chi connectivity index (χ3n) is 25.2. The number of nitrogens with zero attached hydrogens (tertiary/aromatic N) is 6. The highest BCUT2D eigenvalue weighted by Crippen LogP contribution is 2.33. The van der Waals surface area contributed by atoms with Gasteiger partial charge in [-0.3, -0.25) is 62.5 Å². The molecular formula is C99H170N14O22. The molecule has 2 aliphatic rings. The van der Waals surface area contributed by atoms with Crippen molar-refractivity contribution in [2.75, 3.05) is 137 Å². The van der Waals surface area contributed by atoms with Crippen LogP contribution in [0.15, 0.2) is 60.7 Å². The number of rotatable bonds is 57. The quantitative estimate of drug-likeness (QED) is 0.0203. The Bertz CT molecular complexity index is 3930. The molecule has 135 heavy (non-hydrogen) atoms. The van der Waals surface area contributed by atoms with Crippen molar-refractivity contribution in [1.29, 1.82) is 0 Å². The van der Waals surface area contributed by atoms with Gasteiger partial charge in [-0.25, -0.2) is 9.59 Å². The standard InChI is InChI=1S/C52H89N7O12.C47H81N7O10/c1-17-34(6)44(58(14)49(64)42(32(2)3)56-48(63)43(33(4)5)57(12)13)40(67-15)31-41(60)59-26-21-24-39(59)45(68-16)35(7)46(61)55-38(30-37-22-19-18-20-23-37)47(62)53-25-27-69-28-29-70-50(65)36(8)54-51(66)71-52(9,10)11;1-14-31(6)41(53(11)46(59)39(29(2)3)51-45(58)40(30(4)5)52(9)10)37(61-12)28-38(55)54-23-18-21-36(54)42(62-13)32(7)43(56)50-35(27-34-19-16-15-17-20-34)44(57)49-22-24-63-25-26-64-47(60)33(8)48/h18-20,22-23,32-36,38-40,42-45H,17,21,24-31H2,1-16H3,(H,53,62)(H,54,66)(H,55,61)(H,56,63);15-17,19-20,29-33,35-37,39-42H,14,18,21-28,48H2,1-13H3,(H,49,57)(H,50,56)(H,51,58)/t34-,35+,36-,38-,39-,40+,42-,43-,44?,45+;31-,32+,33-,35-,36-,37+,39-,40-,41?,42+/m00/s1. The first-order valence-corrected chi connectivity index (χ1v) is 48.2. The van der Waals surface area contributed by atoms with Gasteiger partial charge in [0.1, 0.15) is 55.1 Å². The lowest BCUT2D eigenvalue weighted by Gasteiger charge is -2.41. The number of carbonyl (C=O) groups is 13. The van der Waals surface area contributed by atoms with Gasteiger partial charge in [0.2, 0.25) is 59.1 Å². The molecule has 0 aromatic heterocycles. The Kier molecular flexibility index (Phi) is 54.0. The van der Waals surface area contributed by atoms with Gasteiger partial charge < -0.3 is 105 Å². The van der Waals surface area contributed by atoms with Gasteiger partial charge in [-0.2, -0.15) is 0 Å². The first-order chi connectivity index (χ1) is 63.5. The molecule has 36 nitrogen and oxygen atoms in total. The van der Waals surface area contributed by atoms with Crippen molar-refractivity contribution in [3.8, 4) is 0 Å². The molecule has 36 heteroatoms. The van der Waals surface area contributed by atoms with Gasteiger partial charge in [0, 0.05) is 81.6 Å². The molecule has 2 aliphatic heterocycles. The molecule has 768 valence electrons. The number of likely N-dealkylation sites (tertiary alicyclic amines) is 2. The number of nitrogens with two attached hydrogens (primary N) is 1. The molecule has 4 rings (SSSR count). The van der Waals surface area contributed by atoms with Crippen LogP contribution < -0.4 is 43.0 Å². The summed E-state index contributed by atoms with van der Waals surface area (Å²) in [5.41, 5.74) is 6.46. The fraction of sp³-hybridized carbons (Fsp3) is 0.747. The van der Waals surface area contributed by atoms with Crippen molar-refractivity contribution in [1.82, 2.24) is 66.6 Å². The highest BCUT2D eigenvalue weighted by molar-refractivity contribution is 5.93. The molecule has 2 aromatic carbocycles. The molecular weight excluding hydrogens is 1740 g/mol. The zero-order valence-corrected chi connectivity index (χ0v) is 86.5. The van der Waals surface area contributed by atoms with Crippen LogP contribution in [0.5, 0.6) is 0 Å². The molecule has 2 fully saturated rings. The van der Waals surface area contributed by atoms with Crippen molar-refractivity contribution in [3.63, 3.8) is 0 Å². The number of benzene rings is 2. The van der Waals surface area contributed by atoms with Crippen molar-refractivity contribution in [2.45, 2.75) is 298 Å². The molecule has 2 saturated heterocycles. The predicted molar refractivity (Wildman–Crippen MR) is 517 cm³/mol. The molecule has 0 spiro atoms. The summed E-state index contributed by atoms with van der Waals surface area (Å²) in [6.07, 6.45) is 0.843. The fourth-order valence-corrected chi connectivity index (χ4v) is 17.7. The number of alkyl carbamates (subject to hydrolysis) is 1. The largest absolute Gasteiger partial charge is 0.462 e. The summed E-state index contributed by atoms with van der Waals surface area (Å²) in [7, 11) is 16.9. The second-order valence-electron chi connectivity index (χ2n) is 38.7. The van der Waals surface area contributed by atoms with Crippen molar-refractivity contribution < 1.29 is 105 Å². The van der Waals surface area contributed by atoms with Gasteiger partial charge in [-0.05, 0) is 135 Å². The third kappa shape index (κ3) is 39.1. The number of ether oxygens (including phenoxy) is 9. The van der Waals surface area contributed by atoms with Gasteiger partial charge in [0.05, 0.1) is 112 Å². The van der Waals surface area contributed by atoms with E-state index in [2.05, 4.69) is 37.2 Å². The first kappa shape index (κ1) is 120. The Labute approximate surface area is 804 Å². The van der Waals surface area contributed by atoms with Gasteiger partial charge >= 0.3 is 18.0 Å². The van der Waals surface area contributed by atoms with Crippen molar-refractivity contribution in [3.05, 3.63) is 71.8 Å². The number of esters is 2. The Balaban J connectivity index is 0.000000699. The van der Waals surface area contributed by atoms with Crippen LogP contribution in [-0.4, -0.2) is 346 Å². The minimum absolute atomic E-state index is 0.0154. The number of hydrogen-bond acceptors (Lipinski definition) is 25. The summed E-state index contributed by atoms with van der Waals surface area (Å²) >= 11 is 0. The minimum Gasteiger partial charge on any atom is -0.462 e. The van der Waals surface area contributed by atoms with Crippen LogP contribution in [-0.2, 0) is 113 Å². The van der Waals surface area contributed by atoms with E-state index in [0.29, 0.717) is 51.6 Å². The van der Waals surface area contributed by atoms with E-state index < -0.39 is 156 Å². The predicted octanol–water partition coefficient (Wildman–Crippen LogP) is 6.33. The van der Waals surface area contributed by atoms with Crippen LogP contribution >= 0.6 is 0 Å². The zero-order valence-electron chi connectivity index (χ0n) is 86.5. The summed E-state index contributed by atoms with van der Waals surface area (Å²) in [6, 6.07) is 10.8. The molecule has 0 bridgehead atoms. The summed E-state index contributed by atoms with van der Waals surface area (Å²) in [5, 5.41) is 20.0. The van der Waals surface area contributed by atoms with Crippen LogP contribution in [0.25, 0.3) is 0 Å². The van der Waals surface area contributed by atoms with E-state index in [0.717, 1.165) is 11.1 Å². The van der Waals surface area contributed by atoms with E-state index in [1.165, 1.54) is 35.2 Å². The van der Waals surface area contributed by atoms with E-state index in [1.54, 1.807) is 75.4 Å². The molecule has 11 amide bonds. The summed E-state index contributed by atoms with van der Waals surface area (Å²) in [6.45, 7) is 36.7. The SMILES string of the molecule is CC[C@H](C)C([C@@H](CC(=O)N1CCC[C@H]1[C@H](OC)[C@@H](C)C(=O)N[C@@H](Cc1ccccc1)C(=O)NCCOCCOC(=O)[C@H](C)N)OC)N(C)C(=O)[C@@H](NC(=O)[C@H](C(C)C)N(C)C)C(C)C.CC[C@H](C)C([C@@H](CC(=O)N1CCC[C@H]1[C@H](OC)[C@@H](C)C(=O)N[C@@H](Cc1ccccc1)C(=O)NCCOCCOC(=O)[C@H](C)NC(=O)OC(C)(C)C)OC)N(C)C(=O)[C@@H](NC(=O)[C@H](C(C)C)N(C)C)C(C)C. The Hall–Kier alpha value is -9.01. The maximum absolute atomic E-state index is 14.4.